The summed E-state index contributed by atoms with van der Waals surface area (Å²) in [6.45, 7) is 6.33. The number of aromatic nitrogens is 1. The molecule has 0 unspecified atom stereocenters. The number of carbonyl (C=O) groups is 1. The third-order valence-corrected chi connectivity index (χ3v) is 3.52. The molecule has 0 spiro atoms. The Morgan fingerprint density at radius 2 is 2.29 bits per heavy atom. The van der Waals surface area contributed by atoms with Gasteiger partial charge in [0.1, 0.15) is 16.9 Å². The molecule has 0 radical (unpaired) electrons. The van der Waals surface area contributed by atoms with E-state index in [1.807, 2.05) is 39.0 Å². The van der Waals surface area contributed by atoms with Crippen molar-refractivity contribution in [2.24, 2.45) is 0 Å². The van der Waals surface area contributed by atoms with E-state index in [0.717, 1.165) is 29.7 Å². The minimum atomic E-state index is -0.486. The molecule has 0 aromatic carbocycles. The number of likely N-dealkylation sites (tertiary alicyclic amines) is 1. The number of carbonyl (C=O) groups excluding carboxylic acids is 1. The van der Waals surface area contributed by atoms with Crippen LogP contribution in [0.25, 0.3) is 11.1 Å². The molecule has 5 heteroatoms. The van der Waals surface area contributed by atoms with E-state index >= 15 is 0 Å². The van der Waals surface area contributed by atoms with Crippen molar-refractivity contribution in [3.05, 3.63) is 30.2 Å². The summed E-state index contributed by atoms with van der Waals surface area (Å²) in [5.74, 6) is 0.784. The number of ether oxygens (including phenoxy) is 1. The fourth-order valence-corrected chi connectivity index (χ4v) is 2.65. The molecule has 1 aliphatic heterocycles. The molecule has 21 heavy (non-hydrogen) atoms. The van der Waals surface area contributed by atoms with E-state index < -0.39 is 5.60 Å². The van der Waals surface area contributed by atoms with Crippen LogP contribution in [0.15, 0.2) is 28.8 Å². The van der Waals surface area contributed by atoms with Gasteiger partial charge in [-0.3, -0.25) is 9.88 Å². The largest absolute Gasteiger partial charge is 0.457 e. The van der Waals surface area contributed by atoms with Crippen LogP contribution in [-0.4, -0.2) is 28.1 Å². The minimum absolute atomic E-state index is 0.0611. The van der Waals surface area contributed by atoms with Gasteiger partial charge in [-0.15, -0.1) is 0 Å². The van der Waals surface area contributed by atoms with Crippen molar-refractivity contribution < 1.29 is 13.9 Å². The second kappa shape index (κ2) is 5.06. The zero-order valence-corrected chi connectivity index (χ0v) is 12.6. The first kappa shape index (κ1) is 13.9. The molecule has 0 saturated carbocycles. The zero-order chi connectivity index (χ0) is 15.0. The quantitative estimate of drug-likeness (QED) is 0.798. The predicted octanol–water partition coefficient (Wildman–Crippen LogP) is 3.90. The Hall–Kier alpha value is -2.04. The molecule has 1 aliphatic rings. The molecule has 0 N–H and O–H groups in total. The maximum Gasteiger partial charge on any atom is 0.410 e. The van der Waals surface area contributed by atoms with Crippen LogP contribution in [0.4, 0.5) is 4.79 Å². The maximum absolute atomic E-state index is 12.3. The second-order valence-corrected chi connectivity index (χ2v) is 6.37. The van der Waals surface area contributed by atoms with Crippen LogP contribution in [0.2, 0.25) is 0 Å². The third-order valence-electron chi connectivity index (χ3n) is 3.52. The molecule has 0 bridgehead atoms. The Morgan fingerprint density at radius 1 is 1.48 bits per heavy atom. The molecule has 5 nitrogen and oxygen atoms in total. The third kappa shape index (κ3) is 2.86. The number of furan rings is 1. The molecule has 1 amide bonds. The number of hydrogen-bond acceptors (Lipinski definition) is 4. The number of fused-ring (bicyclic) bond motifs is 1. The lowest BCUT2D eigenvalue weighted by molar-refractivity contribution is 0.0209. The summed E-state index contributed by atoms with van der Waals surface area (Å²) < 4.78 is 11.3. The molecule has 112 valence electrons. The number of nitrogens with zero attached hydrogens (tertiary/aromatic N) is 2. The van der Waals surface area contributed by atoms with E-state index in [-0.39, 0.29) is 12.1 Å². The van der Waals surface area contributed by atoms with Gasteiger partial charge >= 0.3 is 6.09 Å². The highest BCUT2D eigenvalue weighted by atomic mass is 16.6. The Kier molecular flexibility index (Phi) is 3.35. The van der Waals surface area contributed by atoms with Crippen molar-refractivity contribution in [1.29, 1.82) is 0 Å². The predicted molar refractivity (Wildman–Crippen MR) is 78.9 cm³/mol. The summed E-state index contributed by atoms with van der Waals surface area (Å²) in [6.07, 6.45) is 3.30. The lowest BCUT2D eigenvalue weighted by atomic mass is 10.1. The van der Waals surface area contributed by atoms with Crippen LogP contribution in [-0.2, 0) is 4.74 Å². The van der Waals surface area contributed by atoms with Gasteiger partial charge in [-0.1, -0.05) is 0 Å². The highest BCUT2D eigenvalue weighted by Crippen LogP contribution is 2.35. The van der Waals surface area contributed by atoms with Crippen molar-refractivity contribution in [3.63, 3.8) is 0 Å². The fourth-order valence-electron chi connectivity index (χ4n) is 2.65. The minimum Gasteiger partial charge on any atom is -0.457 e. The van der Waals surface area contributed by atoms with E-state index in [4.69, 9.17) is 9.15 Å². The van der Waals surface area contributed by atoms with E-state index in [9.17, 15) is 4.79 Å². The number of hydrogen-bond donors (Lipinski definition) is 0. The van der Waals surface area contributed by atoms with Crippen molar-refractivity contribution in [2.45, 2.75) is 45.3 Å². The summed E-state index contributed by atoms with van der Waals surface area (Å²) in [7, 11) is 0. The maximum atomic E-state index is 12.3. The zero-order valence-electron chi connectivity index (χ0n) is 12.6. The van der Waals surface area contributed by atoms with Gasteiger partial charge in [-0.2, -0.15) is 0 Å². The molecular formula is C16H20N2O3. The van der Waals surface area contributed by atoms with Crippen molar-refractivity contribution in [3.8, 4) is 0 Å². The van der Waals surface area contributed by atoms with Crippen LogP contribution in [0.1, 0.15) is 45.4 Å². The molecule has 1 fully saturated rings. The summed E-state index contributed by atoms with van der Waals surface area (Å²) in [4.78, 5) is 18.3. The lowest BCUT2D eigenvalue weighted by Gasteiger charge is -2.27. The molecule has 2 aromatic heterocycles. The Balaban J connectivity index is 1.85. The van der Waals surface area contributed by atoms with Crippen molar-refractivity contribution >= 4 is 17.2 Å². The standard InChI is InChI=1S/C16H20N2O3/c1-16(2,3)21-15(19)18-9-5-6-12(18)14-10-11-13(20-14)7-4-8-17-11/h4,7-8,10,12H,5-6,9H2,1-3H3/t12-/m1/s1. The van der Waals surface area contributed by atoms with E-state index in [2.05, 4.69) is 4.98 Å². The molecule has 3 rings (SSSR count). The van der Waals surface area contributed by atoms with Gasteiger partial charge in [-0.05, 0) is 45.7 Å². The van der Waals surface area contributed by atoms with Gasteiger partial charge in [0, 0.05) is 18.8 Å². The number of amides is 1. The average molecular weight is 288 g/mol. The Bertz CT molecular complexity index is 624. The van der Waals surface area contributed by atoms with Gasteiger partial charge in [0.05, 0.1) is 6.04 Å². The molecule has 3 heterocycles. The highest BCUT2D eigenvalue weighted by Gasteiger charge is 2.35. The van der Waals surface area contributed by atoms with E-state index in [0.29, 0.717) is 6.54 Å². The molecule has 1 saturated heterocycles. The summed E-state index contributed by atoms with van der Waals surface area (Å²) >= 11 is 0. The van der Waals surface area contributed by atoms with Gasteiger partial charge in [0.2, 0.25) is 0 Å². The molecule has 1 atom stereocenters. The average Bonchev–Trinajstić information content (AvgIpc) is 3.02. The van der Waals surface area contributed by atoms with Crippen LogP contribution in [0, 0.1) is 0 Å². The Labute approximate surface area is 123 Å². The molecular weight excluding hydrogens is 268 g/mol. The highest BCUT2D eigenvalue weighted by molar-refractivity contribution is 5.74. The molecule has 2 aromatic rings. The second-order valence-electron chi connectivity index (χ2n) is 6.37. The van der Waals surface area contributed by atoms with Crippen molar-refractivity contribution in [2.75, 3.05) is 6.54 Å². The van der Waals surface area contributed by atoms with Gasteiger partial charge in [0.25, 0.3) is 0 Å². The van der Waals surface area contributed by atoms with E-state index in [1.54, 1.807) is 11.1 Å². The first-order valence-electron chi connectivity index (χ1n) is 7.28. The van der Waals surface area contributed by atoms with Gasteiger partial charge in [0.15, 0.2) is 5.58 Å². The smallest absolute Gasteiger partial charge is 0.410 e. The van der Waals surface area contributed by atoms with Gasteiger partial charge < -0.3 is 9.15 Å². The van der Waals surface area contributed by atoms with E-state index in [1.165, 1.54) is 0 Å². The fraction of sp³-hybridized carbons (Fsp3) is 0.500. The summed E-state index contributed by atoms with van der Waals surface area (Å²) in [5, 5.41) is 0. The number of rotatable bonds is 1. The first-order chi connectivity index (χ1) is 9.94. The monoisotopic (exact) mass is 288 g/mol. The van der Waals surface area contributed by atoms with Crippen LogP contribution >= 0.6 is 0 Å². The van der Waals surface area contributed by atoms with Gasteiger partial charge in [-0.25, -0.2) is 4.79 Å². The van der Waals surface area contributed by atoms with Crippen molar-refractivity contribution in [1.82, 2.24) is 9.88 Å². The van der Waals surface area contributed by atoms with Crippen LogP contribution in [0.3, 0.4) is 0 Å². The summed E-state index contributed by atoms with van der Waals surface area (Å²) in [6, 6.07) is 5.59. The first-order valence-corrected chi connectivity index (χ1v) is 7.28. The normalized spacial score (nSPS) is 19.2. The summed E-state index contributed by atoms with van der Waals surface area (Å²) in [5.41, 5.74) is 1.09. The van der Waals surface area contributed by atoms with Crippen LogP contribution in [0.5, 0.6) is 0 Å². The lowest BCUT2D eigenvalue weighted by Crippen LogP contribution is -2.36. The van der Waals surface area contributed by atoms with Crippen LogP contribution < -0.4 is 0 Å². The SMILES string of the molecule is CC(C)(C)OC(=O)N1CCC[C@@H]1c1cc2ncccc2o1. The Morgan fingerprint density at radius 3 is 3.00 bits per heavy atom. The molecule has 0 aliphatic carbocycles. The number of pyridine rings is 1. The topological polar surface area (TPSA) is 55.6 Å².